The molecule has 0 bridgehead atoms. The molecule has 9 heteroatoms. The Hall–Kier alpha value is -3.88. The Bertz CT molecular complexity index is 940. The van der Waals surface area contributed by atoms with Gasteiger partial charge in [-0.2, -0.15) is 0 Å². The number of hydrogen-bond acceptors (Lipinski definition) is 7. The summed E-state index contributed by atoms with van der Waals surface area (Å²) in [7, 11) is 2.84. The first-order valence-corrected chi connectivity index (χ1v) is 8.50. The van der Waals surface area contributed by atoms with Crippen molar-refractivity contribution in [1.29, 1.82) is 0 Å². The number of para-hydroxylation sites is 1. The summed E-state index contributed by atoms with van der Waals surface area (Å²) < 4.78 is 15.3. The molecule has 9 nitrogen and oxygen atoms in total. The Morgan fingerprint density at radius 1 is 1.10 bits per heavy atom. The van der Waals surface area contributed by atoms with E-state index in [0.717, 1.165) is 0 Å². The van der Waals surface area contributed by atoms with Crippen LogP contribution in [-0.2, 0) is 14.3 Å². The molecule has 0 aliphatic heterocycles. The Labute approximate surface area is 167 Å². The minimum absolute atomic E-state index is 0.113. The number of hydrogen-bond donors (Lipinski definition) is 1. The second-order valence-electron chi connectivity index (χ2n) is 5.79. The van der Waals surface area contributed by atoms with E-state index >= 15 is 0 Å². The number of amides is 1. The molecule has 0 aliphatic rings. The van der Waals surface area contributed by atoms with Gasteiger partial charge in [0.05, 0.1) is 30.9 Å². The average molecular weight is 400 g/mol. The topological polar surface area (TPSA) is 117 Å². The molecule has 0 aliphatic carbocycles. The van der Waals surface area contributed by atoms with Crippen molar-refractivity contribution >= 4 is 29.3 Å². The summed E-state index contributed by atoms with van der Waals surface area (Å²) in [5.41, 5.74) is 0.719. The lowest BCUT2D eigenvalue weighted by molar-refractivity contribution is -0.384. The van der Waals surface area contributed by atoms with E-state index in [9.17, 15) is 19.7 Å². The third-order valence-corrected chi connectivity index (χ3v) is 3.85. The summed E-state index contributed by atoms with van der Waals surface area (Å²) in [6.45, 7) is 1.40. The van der Waals surface area contributed by atoms with Gasteiger partial charge >= 0.3 is 5.97 Å². The molecule has 0 heterocycles. The lowest BCUT2D eigenvalue weighted by Crippen LogP contribution is -2.29. The number of nitro groups is 1. The maximum absolute atomic E-state index is 12.3. The number of nitrogens with zero attached hydrogens (tertiary/aromatic N) is 1. The number of rotatable bonds is 8. The van der Waals surface area contributed by atoms with E-state index in [1.165, 1.54) is 51.5 Å². The largest absolute Gasteiger partial charge is 0.496 e. The number of carbonyl (C=O) groups is 2. The number of nitrogens with one attached hydrogen (secondary N) is 1. The molecule has 0 saturated heterocycles. The normalized spacial score (nSPS) is 11.6. The van der Waals surface area contributed by atoms with Gasteiger partial charge in [0.2, 0.25) is 0 Å². The van der Waals surface area contributed by atoms with Crippen molar-refractivity contribution in [2.24, 2.45) is 0 Å². The first kappa shape index (κ1) is 21.4. The summed E-state index contributed by atoms with van der Waals surface area (Å²) in [5.74, 6) is -0.625. The van der Waals surface area contributed by atoms with Gasteiger partial charge < -0.3 is 19.5 Å². The van der Waals surface area contributed by atoms with Crippen molar-refractivity contribution in [2.45, 2.75) is 13.0 Å². The summed E-state index contributed by atoms with van der Waals surface area (Å²) in [6, 6.07) is 10.9. The van der Waals surface area contributed by atoms with Crippen LogP contribution in [0.1, 0.15) is 12.5 Å². The number of anilines is 1. The molecule has 29 heavy (non-hydrogen) atoms. The van der Waals surface area contributed by atoms with Crippen molar-refractivity contribution < 1.29 is 28.7 Å². The van der Waals surface area contributed by atoms with Crippen LogP contribution in [-0.4, -0.2) is 37.1 Å². The third-order valence-electron chi connectivity index (χ3n) is 3.85. The lowest BCUT2D eigenvalue weighted by atomic mass is 10.2. The van der Waals surface area contributed by atoms with Crippen LogP contribution in [0.5, 0.6) is 11.5 Å². The SMILES string of the molecule is COc1ccccc1/C=C/C(=O)O[C@@H](C)C(=O)Nc1ccc([N+](=O)[O-])cc1OC. The summed E-state index contributed by atoms with van der Waals surface area (Å²) >= 11 is 0. The average Bonchev–Trinajstić information content (AvgIpc) is 2.72. The zero-order valence-corrected chi connectivity index (χ0v) is 16.1. The second kappa shape index (κ2) is 9.88. The molecule has 0 unspecified atom stereocenters. The van der Waals surface area contributed by atoms with Gasteiger partial charge in [0.1, 0.15) is 11.5 Å². The summed E-state index contributed by atoms with van der Waals surface area (Å²) in [6.07, 6.45) is 1.60. The monoisotopic (exact) mass is 400 g/mol. The van der Waals surface area contributed by atoms with Crippen molar-refractivity contribution in [1.82, 2.24) is 0 Å². The van der Waals surface area contributed by atoms with E-state index in [2.05, 4.69) is 5.32 Å². The number of benzene rings is 2. The lowest BCUT2D eigenvalue weighted by Gasteiger charge is -2.14. The van der Waals surface area contributed by atoms with Crippen molar-refractivity contribution in [3.63, 3.8) is 0 Å². The Morgan fingerprint density at radius 2 is 1.79 bits per heavy atom. The highest BCUT2D eigenvalue weighted by atomic mass is 16.6. The van der Waals surface area contributed by atoms with Gasteiger partial charge in [0, 0.05) is 17.7 Å². The number of nitro benzene ring substituents is 1. The van der Waals surface area contributed by atoms with Crippen LogP contribution in [0, 0.1) is 10.1 Å². The number of non-ortho nitro benzene ring substituents is 1. The molecule has 2 rings (SSSR count). The van der Waals surface area contributed by atoms with Gasteiger partial charge in [0.25, 0.3) is 11.6 Å². The Balaban J connectivity index is 2.01. The molecule has 0 aromatic heterocycles. The molecule has 0 fully saturated rings. The fourth-order valence-electron chi connectivity index (χ4n) is 2.36. The number of carbonyl (C=O) groups excluding carboxylic acids is 2. The van der Waals surface area contributed by atoms with Crippen LogP contribution in [0.4, 0.5) is 11.4 Å². The zero-order valence-electron chi connectivity index (χ0n) is 16.1. The van der Waals surface area contributed by atoms with Crippen molar-refractivity contribution in [3.05, 3.63) is 64.2 Å². The molecule has 152 valence electrons. The van der Waals surface area contributed by atoms with Gasteiger partial charge in [-0.15, -0.1) is 0 Å². The molecule has 0 saturated carbocycles. The van der Waals surface area contributed by atoms with Gasteiger partial charge in [-0.3, -0.25) is 14.9 Å². The zero-order chi connectivity index (χ0) is 21.4. The molecule has 1 N–H and O–H groups in total. The minimum atomic E-state index is -1.11. The van der Waals surface area contributed by atoms with Crippen molar-refractivity contribution in [3.8, 4) is 11.5 Å². The van der Waals surface area contributed by atoms with E-state index in [4.69, 9.17) is 14.2 Å². The molecular formula is C20H20N2O7. The standard InChI is InChI=1S/C20H20N2O7/c1-13(29-19(23)11-8-14-6-4-5-7-17(14)27-2)20(24)21-16-10-9-15(22(25)26)12-18(16)28-3/h4-13H,1-3H3,(H,21,24)/b11-8+/t13-/m0/s1. The quantitative estimate of drug-likeness (QED) is 0.313. The fourth-order valence-corrected chi connectivity index (χ4v) is 2.36. The minimum Gasteiger partial charge on any atom is -0.496 e. The molecule has 2 aromatic carbocycles. The highest BCUT2D eigenvalue weighted by Crippen LogP contribution is 2.29. The van der Waals surface area contributed by atoms with Gasteiger partial charge in [-0.25, -0.2) is 4.79 Å². The molecule has 2 aromatic rings. The summed E-state index contributed by atoms with van der Waals surface area (Å²) in [5, 5.41) is 13.3. The van der Waals surface area contributed by atoms with Crippen LogP contribution < -0.4 is 14.8 Å². The highest BCUT2D eigenvalue weighted by Gasteiger charge is 2.19. The molecule has 0 radical (unpaired) electrons. The molecule has 1 atom stereocenters. The summed E-state index contributed by atoms with van der Waals surface area (Å²) in [4.78, 5) is 34.5. The van der Waals surface area contributed by atoms with E-state index in [-0.39, 0.29) is 17.1 Å². The Morgan fingerprint density at radius 3 is 2.45 bits per heavy atom. The van der Waals surface area contributed by atoms with Gasteiger partial charge in [-0.1, -0.05) is 18.2 Å². The smallest absolute Gasteiger partial charge is 0.331 e. The highest BCUT2D eigenvalue weighted by molar-refractivity contribution is 5.97. The van der Waals surface area contributed by atoms with E-state index < -0.39 is 22.9 Å². The van der Waals surface area contributed by atoms with Crippen LogP contribution in [0.3, 0.4) is 0 Å². The van der Waals surface area contributed by atoms with Crippen LogP contribution in [0.15, 0.2) is 48.5 Å². The maximum atomic E-state index is 12.3. The number of methoxy groups -OCH3 is 2. The first-order chi connectivity index (χ1) is 13.8. The number of ether oxygens (including phenoxy) is 3. The maximum Gasteiger partial charge on any atom is 0.331 e. The van der Waals surface area contributed by atoms with Crippen LogP contribution in [0.25, 0.3) is 6.08 Å². The predicted octanol–water partition coefficient (Wildman–Crippen LogP) is 3.20. The third kappa shape index (κ3) is 5.80. The van der Waals surface area contributed by atoms with Gasteiger partial charge in [0.15, 0.2) is 6.10 Å². The fraction of sp³-hybridized carbons (Fsp3) is 0.200. The van der Waals surface area contributed by atoms with E-state index in [1.54, 1.807) is 24.3 Å². The van der Waals surface area contributed by atoms with Crippen LogP contribution >= 0.6 is 0 Å². The Kier molecular flexibility index (Phi) is 7.30. The van der Waals surface area contributed by atoms with Gasteiger partial charge in [-0.05, 0) is 25.1 Å². The number of esters is 1. The van der Waals surface area contributed by atoms with Crippen LogP contribution in [0.2, 0.25) is 0 Å². The first-order valence-electron chi connectivity index (χ1n) is 8.50. The second-order valence-corrected chi connectivity index (χ2v) is 5.79. The molecular weight excluding hydrogens is 380 g/mol. The molecule has 1 amide bonds. The predicted molar refractivity (Wildman–Crippen MR) is 106 cm³/mol. The van der Waals surface area contributed by atoms with Crippen molar-refractivity contribution in [2.75, 3.05) is 19.5 Å². The molecule has 0 spiro atoms. The van der Waals surface area contributed by atoms with E-state index in [1.807, 2.05) is 0 Å². The van der Waals surface area contributed by atoms with E-state index in [0.29, 0.717) is 11.3 Å².